The van der Waals surface area contributed by atoms with Crippen LogP contribution in [0.4, 0.5) is 0 Å². The van der Waals surface area contributed by atoms with Crippen LogP contribution in [0.3, 0.4) is 0 Å². The Morgan fingerprint density at radius 2 is 2.29 bits per heavy atom. The second kappa shape index (κ2) is 6.55. The molecule has 1 aromatic rings. The zero-order valence-corrected chi connectivity index (χ0v) is 16.5. The number of alkyl halides is 1. The normalized spacial score (nSPS) is 33.1. The van der Waals surface area contributed by atoms with Gasteiger partial charge in [-0.05, 0) is 0 Å². The Balaban J connectivity index is 2.29. The summed E-state index contributed by atoms with van der Waals surface area (Å²) in [5, 5.41) is 0. The van der Waals surface area contributed by atoms with Gasteiger partial charge < -0.3 is 0 Å². The maximum absolute atomic E-state index is 11.9. The second-order valence-corrected chi connectivity index (χ2v) is 12.7. The third kappa shape index (κ3) is 3.62. The maximum atomic E-state index is 11.9. The number of hydrogen-bond acceptors (Lipinski definition) is 4. The zero-order valence-electron chi connectivity index (χ0n) is 11.9. The average Bonchev–Trinajstić information content (AvgIpc) is 2.60. The van der Waals surface area contributed by atoms with Crippen LogP contribution in [0.5, 0.6) is 0 Å². The minimum atomic E-state index is -0.757. The average molecular weight is 504 g/mol. The number of nitrogens with one attached hydrogen (secondary N) is 1. The number of ether oxygens (including phenoxy) is 1. The fourth-order valence-corrected chi connectivity index (χ4v) is 3.63. The van der Waals surface area contributed by atoms with Crippen LogP contribution in [0.1, 0.15) is 20.1 Å². The molecule has 0 saturated carbocycles. The summed E-state index contributed by atoms with van der Waals surface area (Å²) < 4.78 is 13.0. The Morgan fingerprint density at radius 1 is 1.62 bits per heavy atom. The number of aromatic amines is 1. The number of halogens is 1. The van der Waals surface area contributed by atoms with Gasteiger partial charge in [0.05, 0.1) is 0 Å². The Morgan fingerprint density at radius 3 is 2.86 bits per heavy atom. The number of rotatable bonds is 4. The van der Waals surface area contributed by atoms with Crippen LogP contribution in [0, 0.1) is 5.92 Å². The topological polar surface area (TPSA) is 73.3 Å². The predicted molar refractivity (Wildman–Crippen MR) is 77.5 cm³/mol. The van der Waals surface area contributed by atoms with Gasteiger partial charge in [0.15, 0.2) is 0 Å². The quantitative estimate of drug-likeness (QED) is 0.500. The molecule has 0 radical (unpaired) electrons. The van der Waals surface area contributed by atoms with Gasteiger partial charge in [-0.25, -0.2) is 0 Å². The number of nitrogens with zero attached hydrogens (tertiary/aromatic N) is 1. The fourth-order valence-electron chi connectivity index (χ4n) is 2.32. The van der Waals surface area contributed by atoms with E-state index in [1.54, 1.807) is 0 Å². The molecule has 1 saturated heterocycles. The van der Waals surface area contributed by atoms with E-state index < -0.39 is 28.1 Å². The summed E-state index contributed by atoms with van der Waals surface area (Å²) >= 11 is 8.03. The Bertz CT molecular complexity index is 659. The molecule has 0 aliphatic carbocycles. The van der Waals surface area contributed by atoms with Gasteiger partial charge in [0.1, 0.15) is 0 Å². The number of aromatic nitrogens is 2. The van der Waals surface area contributed by atoms with Gasteiger partial charge in [0, 0.05) is 0 Å². The molecule has 116 valence electrons. The third-order valence-corrected chi connectivity index (χ3v) is 5.94. The molecule has 1 unspecified atom stereocenters. The Kier molecular flexibility index (Phi) is 5.38. The van der Waals surface area contributed by atoms with Crippen LogP contribution in [-0.4, -0.2) is 33.8 Å². The summed E-state index contributed by atoms with van der Waals surface area (Å²) in [6.07, 6.45) is 0.596. The van der Waals surface area contributed by atoms with E-state index in [1.807, 2.05) is 20.5 Å². The van der Waals surface area contributed by atoms with Crippen molar-refractivity contribution in [1.29, 1.82) is 0 Å². The first-order valence-corrected chi connectivity index (χ1v) is 12.4. The first kappa shape index (κ1) is 17.2. The van der Waals surface area contributed by atoms with Crippen molar-refractivity contribution < 1.29 is 28.1 Å². The standard InChI is InChI=1S/C12H17ClN2O4P.W/c1-7-8(6-18-20-3)19-10(12(7,2)13)15-5-4-9(16)14-11(15)17;/h4-5,7-8,10H,6H2,1-3H3,(H,14,16,17);/q-1;+2/t7-,8-,10-,12-;/m1./s1. The van der Waals surface area contributed by atoms with E-state index in [1.165, 1.54) is 35.6 Å². The van der Waals surface area contributed by atoms with E-state index in [0.29, 0.717) is 6.61 Å². The second-order valence-electron chi connectivity index (χ2n) is 5.22. The molecule has 6 nitrogen and oxygen atoms in total. The molecular formula is C12H17ClN2O4PW+. The monoisotopic (exact) mass is 503 g/mol. The van der Waals surface area contributed by atoms with Gasteiger partial charge in [-0.1, -0.05) is 0 Å². The van der Waals surface area contributed by atoms with Crippen molar-refractivity contribution in [3.8, 4) is 0 Å². The molecule has 0 aromatic carbocycles. The van der Waals surface area contributed by atoms with Gasteiger partial charge in [-0.15, -0.1) is 0 Å². The molecule has 0 bridgehead atoms. The molecule has 1 aliphatic rings. The molecule has 0 amide bonds. The fraction of sp³-hybridized carbons (Fsp3) is 0.667. The van der Waals surface area contributed by atoms with E-state index >= 15 is 0 Å². The predicted octanol–water partition coefficient (Wildman–Crippen LogP) is 1.57. The molecule has 5 atom stereocenters. The summed E-state index contributed by atoms with van der Waals surface area (Å²) in [7, 11) is 0. The molecule has 9 heteroatoms. The van der Waals surface area contributed by atoms with Crippen LogP contribution in [0.25, 0.3) is 0 Å². The number of H-pyrrole nitrogens is 1. The van der Waals surface area contributed by atoms with Gasteiger partial charge in [0.25, 0.3) is 0 Å². The summed E-state index contributed by atoms with van der Waals surface area (Å²) in [6, 6.07) is 1.28. The molecule has 2 rings (SSSR count). The van der Waals surface area contributed by atoms with Crippen LogP contribution in [0.15, 0.2) is 21.9 Å². The van der Waals surface area contributed by atoms with Gasteiger partial charge in [0.2, 0.25) is 0 Å². The van der Waals surface area contributed by atoms with E-state index in [0.717, 1.165) is 0 Å². The molecule has 1 fully saturated rings. The van der Waals surface area contributed by atoms with Gasteiger partial charge >= 0.3 is 138 Å². The third-order valence-electron chi connectivity index (χ3n) is 3.76. The first-order valence-electron chi connectivity index (χ1n) is 6.43. The van der Waals surface area contributed by atoms with E-state index in [9.17, 15) is 9.59 Å². The SMILES string of the molecule is C[C@@H]1[C@@H](CO[P+](C)=[W])O[C@@H](n2ccc(=O)[nH]c2=O)[C@]1(C)Cl. The Labute approximate surface area is 138 Å². The van der Waals surface area contributed by atoms with Gasteiger partial charge in [-0.3, -0.25) is 0 Å². The van der Waals surface area contributed by atoms with Gasteiger partial charge in [-0.2, -0.15) is 0 Å². The zero-order chi connectivity index (χ0) is 15.8. The summed E-state index contributed by atoms with van der Waals surface area (Å²) in [6.45, 7) is 6.34. The van der Waals surface area contributed by atoms with Crippen LogP contribution in [0.2, 0.25) is 0 Å². The van der Waals surface area contributed by atoms with Crippen molar-refractivity contribution in [2.24, 2.45) is 5.92 Å². The van der Waals surface area contributed by atoms with E-state index in [-0.39, 0.29) is 12.0 Å². The summed E-state index contributed by atoms with van der Waals surface area (Å²) in [5.41, 5.74) is -0.963. The molecule has 1 aliphatic heterocycles. The van der Waals surface area contributed by atoms with Crippen LogP contribution in [-0.2, 0) is 28.1 Å². The number of hydrogen-bond donors (Lipinski definition) is 1. The van der Waals surface area contributed by atoms with Crippen molar-refractivity contribution in [3.63, 3.8) is 0 Å². The first-order chi connectivity index (χ1) is 9.73. The summed E-state index contributed by atoms with van der Waals surface area (Å²) in [5.74, 6) is -0.394. The summed E-state index contributed by atoms with van der Waals surface area (Å²) in [4.78, 5) is 24.6. The van der Waals surface area contributed by atoms with Crippen molar-refractivity contribution in [3.05, 3.63) is 33.1 Å². The van der Waals surface area contributed by atoms with E-state index in [4.69, 9.17) is 20.9 Å². The van der Waals surface area contributed by atoms with Crippen molar-refractivity contribution in [2.45, 2.75) is 31.1 Å². The van der Waals surface area contributed by atoms with Crippen LogP contribution < -0.4 is 11.2 Å². The molecule has 0 spiro atoms. The Hall–Kier alpha value is -0.122. The molecular weight excluding hydrogens is 486 g/mol. The molecule has 1 N–H and O–H groups in total. The molecule has 1 aromatic heterocycles. The van der Waals surface area contributed by atoms with Crippen molar-refractivity contribution in [1.82, 2.24) is 9.55 Å². The van der Waals surface area contributed by atoms with E-state index in [2.05, 4.69) is 4.98 Å². The minimum absolute atomic E-state index is 0.00736. The van der Waals surface area contributed by atoms with Crippen molar-refractivity contribution >= 4 is 17.4 Å². The van der Waals surface area contributed by atoms with Crippen molar-refractivity contribution in [2.75, 3.05) is 13.3 Å². The molecule has 21 heavy (non-hydrogen) atoms. The molecule has 2 heterocycles. The van der Waals surface area contributed by atoms with Crippen LogP contribution >= 0.6 is 17.4 Å².